The van der Waals surface area contributed by atoms with Gasteiger partial charge in [0.15, 0.2) is 0 Å². The SMILES string of the molecule is CCC1(C)CCN(c2cccc(N)c2[N+](=O)[O-])CC1. The minimum atomic E-state index is -0.377. The summed E-state index contributed by atoms with van der Waals surface area (Å²) in [5.74, 6) is 0. The van der Waals surface area contributed by atoms with Crippen molar-refractivity contribution >= 4 is 17.1 Å². The summed E-state index contributed by atoms with van der Waals surface area (Å²) in [5, 5.41) is 11.2. The van der Waals surface area contributed by atoms with Gasteiger partial charge in [-0.3, -0.25) is 10.1 Å². The second-order valence-corrected chi connectivity index (χ2v) is 5.62. The van der Waals surface area contributed by atoms with Crippen molar-refractivity contribution < 1.29 is 4.92 Å². The zero-order valence-electron chi connectivity index (χ0n) is 11.6. The molecule has 0 unspecified atom stereocenters. The molecule has 2 N–H and O–H groups in total. The Morgan fingerprint density at radius 2 is 2.05 bits per heavy atom. The van der Waals surface area contributed by atoms with Crippen LogP contribution in [0.15, 0.2) is 18.2 Å². The quantitative estimate of drug-likeness (QED) is 0.516. The number of benzene rings is 1. The predicted molar refractivity (Wildman–Crippen MR) is 77.4 cm³/mol. The normalized spacial score (nSPS) is 18.3. The third kappa shape index (κ3) is 2.64. The van der Waals surface area contributed by atoms with Gasteiger partial charge in [-0.15, -0.1) is 0 Å². The van der Waals surface area contributed by atoms with Crippen molar-refractivity contribution in [1.82, 2.24) is 0 Å². The molecule has 0 amide bonds. The van der Waals surface area contributed by atoms with Gasteiger partial charge in [-0.2, -0.15) is 0 Å². The van der Waals surface area contributed by atoms with Crippen LogP contribution in [0.4, 0.5) is 17.1 Å². The highest BCUT2D eigenvalue weighted by Crippen LogP contribution is 2.39. The zero-order chi connectivity index (χ0) is 14.0. The number of nitro groups is 1. The smallest absolute Gasteiger partial charge is 0.315 e. The Morgan fingerprint density at radius 1 is 1.42 bits per heavy atom. The number of nitrogens with zero attached hydrogens (tertiary/aromatic N) is 2. The molecule has 0 spiro atoms. The van der Waals surface area contributed by atoms with E-state index >= 15 is 0 Å². The number of para-hydroxylation sites is 1. The molecule has 0 radical (unpaired) electrons. The molecule has 0 aliphatic carbocycles. The summed E-state index contributed by atoms with van der Waals surface area (Å²) in [7, 11) is 0. The van der Waals surface area contributed by atoms with E-state index in [-0.39, 0.29) is 16.3 Å². The Kier molecular flexibility index (Phi) is 3.64. The van der Waals surface area contributed by atoms with E-state index in [9.17, 15) is 10.1 Å². The van der Waals surface area contributed by atoms with Crippen LogP contribution in [0.25, 0.3) is 0 Å². The van der Waals surface area contributed by atoms with Gasteiger partial charge in [0, 0.05) is 13.1 Å². The first kappa shape index (κ1) is 13.6. The van der Waals surface area contributed by atoms with Gasteiger partial charge < -0.3 is 10.6 Å². The maximum atomic E-state index is 11.2. The summed E-state index contributed by atoms with van der Waals surface area (Å²) in [4.78, 5) is 12.9. The molecule has 1 aliphatic rings. The maximum Gasteiger partial charge on any atom is 0.315 e. The van der Waals surface area contributed by atoms with Gasteiger partial charge in [0.1, 0.15) is 11.4 Å². The van der Waals surface area contributed by atoms with Crippen LogP contribution in [-0.2, 0) is 0 Å². The summed E-state index contributed by atoms with van der Waals surface area (Å²) in [6, 6.07) is 5.16. The zero-order valence-corrected chi connectivity index (χ0v) is 11.6. The standard InChI is InChI=1S/C14H21N3O2/c1-3-14(2)7-9-16(10-8-14)12-6-4-5-11(15)13(12)17(18)19/h4-6H,3,7-10,15H2,1-2H3. The fourth-order valence-electron chi connectivity index (χ4n) is 2.64. The summed E-state index contributed by atoms with van der Waals surface area (Å²) in [6.07, 6.45) is 3.28. The van der Waals surface area contributed by atoms with Gasteiger partial charge in [0.05, 0.1) is 4.92 Å². The molecule has 5 nitrogen and oxygen atoms in total. The van der Waals surface area contributed by atoms with E-state index in [2.05, 4.69) is 18.7 Å². The van der Waals surface area contributed by atoms with Crippen LogP contribution >= 0.6 is 0 Å². The second-order valence-electron chi connectivity index (χ2n) is 5.62. The molecule has 1 heterocycles. The lowest BCUT2D eigenvalue weighted by atomic mass is 9.78. The van der Waals surface area contributed by atoms with E-state index in [0.717, 1.165) is 32.4 Å². The number of piperidine rings is 1. The molecule has 104 valence electrons. The van der Waals surface area contributed by atoms with Crippen LogP contribution in [0.3, 0.4) is 0 Å². The van der Waals surface area contributed by atoms with Gasteiger partial charge in [0.25, 0.3) is 0 Å². The lowest BCUT2D eigenvalue weighted by Gasteiger charge is -2.39. The van der Waals surface area contributed by atoms with Gasteiger partial charge in [0.2, 0.25) is 0 Å². The Hall–Kier alpha value is -1.78. The summed E-state index contributed by atoms with van der Waals surface area (Å²) in [5.41, 5.74) is 7.05. The topological polar surface area (TPSA) is 72.4 Å². The van der Waals surface area contributed by atoms with Crippen molar-refractivity contribution in [2.24, 2.45) is 5.41 Å². The van der Waals surface area contributed by atoms with E-state index in [1.54, 1.807) is 18.2 Å². The van der Waals surface area contributed by atoms with Crippen LogP contribution in [-0.4, -0.2) is 18.0 Å². The molecule has 5 heteroatoms. The van der Waals surface area contributed by atoms with Crippen molar-refractivity contribution in [2.75, 3.05) is 23.7 Å². The van der Waals surface area contributed by atoms with Crippen LogP contribution in [0.5, 0.6) is 0 Å². The molecule has 1 fully saturated rings. The van der Waals surface area contributed by atoms with Crippen molar-refractivity contribution in [3.8, 4) is 0 Å². The van der Waals surface area contributed by atoms with E-state index in [4.69, 9.17) is 5.73 Å². The highest BCUT2D eigenvalue weighted by molar-refractivity contribution is 5.75. The summed E-state index contributed by atoms with van der Waals surface area (Å²) < 4.78 is 0. The van der Waals surface area contributed by atoms with E-state index < -0.39 is 0 Å². The molecule has 1 saturated heterocycles. The third-order valence-electron chi connectivity index (χ3n) is 4.39. The minimum Gasteiger partial charge on any atom is -0.393 e. The Balaban J connectivity index is 2.25. The third-order valence-corrected chi connectivity index (χ3v) is 4.39. The van der Waals surface area contributed by atoms with Crippen molar-refractivity contribution in [1.29, 1.82) is 0 Å². The first-order valence-corrected chi connectivity index (χ1v) is 6.75. The summed E-state index contributed by atoms with van der Waals surface area (Å²) >= 11 is 0. The molecular formula is C14H21N3O2. The first-order valence-electron chi connectivity index (χ1n) is 6.75. The van der Waals surface area contributed by atoms with Crippen LogP contribution < -0.4 is 10.6 Å². The highest BCUT2D eigenvalue weighted by atomic mass is 16.6. The first-order chi connectivity index (χ1) is 8.97. The maximum absolute atomic E-state index is 11.2. The molecule has 0 atom stereocenters. The number of hydrogen-bond donors (Lipinski definition) is 1. The number of rotatable bonds is 3. The average molecular weight is 263 g/mol. The Morgan fingerprint density at radius 3 is 2.58 bits per heavy atom. The number of nitrogen functional groups attached to an aromatic ring is 1. The molecule has 1 aromatic carbocycles. The lowest BCUT2D eigenvalue weighted by Crippen LogP contribution is -2.38. The number of hydrogen-bond acceptors (Lipinski definition) is 4. The van der Waals surface area contributed by atoms with Crippen molar-refractivity contribution in [3.05, 3.63) is 28.3 Å². The molecule has 0 aromatic heterocycles. The molecule has 0 bridgehead atoms. The summed E-state index contributed by atoms with van der Waals surface area (Å²) in [6.45, 7) is 6.21. The number of nitro benzene ring substituents is 1. The lowest BCUT2D eigenvalue weighted by molar-refractivity contribution is -0.383. The monoisotopic (exact) mass is 263 g/mol. The van der Waals surface area contributed by atoms with Crippen LogP contribution in [0.2, 0.25) is 0 Å². The predicted octanol–water partition coefficient (Wildman–Crippen LogP) is 3.19. The molecule has 19 heavy (non-hydrogen) atoms. The molecular weight excluding hydrogens is 242 g/mol. The average Bonchev–Trinajstić information content (AvgIpc) is 2.39. The van der Waals surface area contributed by atoms with Gasteiger partial charge >= 0.3 is 5.69 Å². The second kappa shape index (κ2) is 5.07. The van der Waals surface area contributed by atoms with Crippen LogP contribution in [0.1, 0.15) is 33.1 Å². The van der Waals surface area contributed by atoms with Crippen molar-refractivity contribution in [3.63, 3.8) is 0 Å². The van der Waals surface area contributed by atoms with Gasteiger partial charge in [-0.25, -0.2) is 0 Å². The van der Waals surface area contributed by atoms with Crippen LogP contribution in [0, 0.1) is 15.5 Å². The Labute approximate surface area is 113 Å². The Bertz CT molecular complexity index is 480. The molecule has 1 aliphatic heterocycles. The fourth-order valence-corrected chi connectivity index (χ4v) is 2.64. The van der Waals surface area contributed by atoms with Gasteiger partial charge in [-0.05, 0) is 30.4 Å². The van der Waals surface area contributed by atoms with Gasteiger partial charge in [-0.1, -0.05) is 26.3 Å². The number of anilines is 2. The van der Waals surface area contributed by atoms with E-state index in [1.165, 1.54) is 0 Å². The van der Waals surface area contributed by atoms with Crippen molar-refractivity contribution in [2.45, 2.75) is 33.1 Å². The molecule has 0 saturated carbocycles. The highest BCUT2D eigenvalue weighted by Gasteiger charge is 2.31. The van der Waals surface area contributed by atoms with E-state index in [0.29, 0.717) is 11.1 Å². The molecule has 1 aromatic rings. The molecule has 2 rings (SSSR count). The van der Waals surface area contributed by atoms with E-state index in [1.807, 2.05) is 0 Å². The largest absolute Gasteiger partial charge is 0.393 e. The number of nitrogens with two attached hydrogens (primary N) is 1. The minimum absolute atomic E-state index is 0.0441. The fraction of sp³-hybridized carbons (Fsp3) is 0.571.